The minimum atomic E-state index is -0.408. The number of nitrogens with one attached hydrogen (secondary N) is 1. The van der Waals surface area contributed by atoms with Crippen molar-refractivity contribution in [2.45, 2.75) is 20.3 Å². The smallest absolute Gasteiger partial charge is 0.238 e. The molecular formula is C27H25N5O3. The summed E-state index contributed by atoms with van der Waals surface area (Å²) in [5.74, 6) is 1.01. The van der Waals surface area contributed by atoms with Crippen molar-refractivity contribution in [1.29, 1.82) is 0 Å². The van der Waals surface area contributed by atoms with Crippen LogP contribution in [0.1, 0.15) is 17.5 Å². The van der Waals surface area contributed by atoms with E-state index >= 15 is 0 Å². The molecule has 1 unspecified atom stereocenters. The molecule has 0 radical (unpaired) electrons. The molecule has 5 rings (SSSR count). The van der Waals surface area contributed by atoms with Crippen molar-refractivity contribution in [1.82, 2.24) is 14.8 Å². The predicted octanol–water partition coefficient (Wildman–Crippen LogP) is 4.67. The second-order valence-electron chi connectivity index (χ2n) is 8.61. The van der Waals surface area contributed by atoms with Crippen LogP contribution in [0.4, 0.5) is 11.4 Å². The molecule has 2 aromatic carbocycles. The number of anilines is 2. The number of amides is 2. The molecular weight excluding hydrogens is 442 g/mol. The highest BCUT2D eigenvalue weighted by atomic mass is 16.5. The van der Waals surface area contributed by atoms with Crippen LogP contribution in [0.15, 0.2) is 79.1 Å². The Morgan fingerprint density at radius 3 is 2.43 bits per heavy atom. The first kappa shape index (κ1) is 22.3. The lowest BCUT2D eigenvalue weighted by atomic mass is 10.1. The Morgan fingerprint density at radius 2 is 1.74 bits per heavy atom. The topological polar surface area (TPSA) is 89.3 Å². The number of aromatic nitrogens is 3. The Bertz CT molecular complexity index is 1350. The fourth-order valence-electron chi connectivity index (χ4n) is 3.99. The fraction of sp³-hybridized carbons (Fsp3) is 0.185. The lowest BCUT2D eigenvalue weighted by molar-refractivity contribution is -0.122. The van der Waals surface area contributed by atoms with Crippen molar-refractivity contribution in [2.75, 3.05) is 16.8 Å². The molecule has 4 aromatic rings. The van der Waals surface area contributed by atoms with Gasteiger partial charge in [0.25, 0.3) is 0 Å². The van der Waals surface area contributed by atoms with Crippen molar-refractivity contribution in [3.8, 4) is 17.4 Å². The summed E-state index contributed by atoms with van der Waals surface area (Å²) < 4.78 is 7.61. The summed E-state index contributed by atoms with van der Waals surface area (Å²) in [5.41, 5.74) is 3.75. The fourth-order valence-corrected chi connectivity index (χ4v) is 3.99. The van der Waals surface area contributed by atoms with Gasteiger partial charge in [0, 0.05) is 42.8 Å². The van der Waals surface area contributed by atoms with Gasteiger partial charge in [-0.1, -0.05) is 6.07 Å². The van der Waals surface area contributed by atoms with Gasteiger partial charge in [-0.25, -0.2) is 0 Å². The Hall–Kier alpha value is -4.46. The van der Waals surface area contributed by atoms with Crippen molar-refractivity contribution in [3.63, 3.8) is 0 Å². The minimum absolute atomic E-state index is 0.0407. The average Bonchev–Trinajstić information content (AvgIpc) is 3.53. The van der Waals surface area contributed by atoms with Crippen molar-refractivity contribution in [3.05, 3.63) is 90.3 Å². The maximum absolute atomic E-state index is 12.8. The maximum atomic E-state index is 12.8. The third-order valence-electron chi connectivity index (χ3n) is 6.14. The van der Waals surface area contributed by atoms with Crippen molar-refractivity contribution < 1.29 is 14.3 Å². The molecule has 0 spiro atoms. The third-order valence-corrected chi connectivity index (χ3v) is 6.14. The number of rotatable bonds is 6. The maximum Gasteiger partial charge on any atom is 0.238 e. The molecule has 3 heterocycles. The second-order valence-corrected chi connectivity index (χ2v) is 8.61. The molecule has 176 valence electrons. The van der Waals surface area contributed by atoms with Crippen LogP contribution < -0.4 is 15.0 Å². The summed E-state index contributed by atoms with van der Waals surface area (Å²) >= 11 is 0. The zero-order valence-electron chi connectivity index (χ0n) is 19.5. The number of carbonyl (C=O) groups excluding carboxylic acids is 2. The highest BCUT2D eigenvalue weighted by Gasteiger charge is 2.35. The van der Waals surface area contributed by atoms with E-state index in [0.717, 1.165) is 11.3 Å². The quantitative estimate of drug-likeness (QED) is 0.445. The highest BCUT2D eigenvalue weighted by Crippen LogP contribution is 2.28. The molecule has 1 saturated heterocycles. The highest BCUT2D eigenvalue weighted by molar-refractivity contribution is 6.03. The first-order valence-corrected chi connectivity index (χ1v) is 11.4. The van der Waals surface area contributed by atoms with Gasteiger partial charge < -0.3 is 19.5 Å². The number of ether oxygens (including phenoxy) is 1. The zero-order chi connectivity index (χ0) is 24.4. The van der Waals surface area contributed by atoms with E-state index in [1.807, 2.05) is 67.2 Å². The normalized spacial score (nSPS) is 15.3. The van der Waals surface area contributed by atoms with Gasteiger partial charge in [0.2, 0.25) is 17.7 Å². The molecule has 0 saturated carbocycles. The monoisotopic (exact) mass is 467 g/mol. The van der Waals surface area contributed by atoms with E-state index < -0.39 is 5.92 Å². The molecule has 2 amide bonds. The van der Waals surface area contributed by atoms with E-state index in [0.29, 0.717) is 29.7 Å². The number of carbonyl (C=O) groups is 2. The third kappa shape index (κ3) is 4.91. The van der Waals surface area contributed by atoms with E-state index in [1.54, 1.807) is 35.2 Å². The molecule has 1 atom stereocenters. The molecule has 2 aromatic heterocycles. The van der Waals surface area contributed by atoms with Gasteiger partial charge in [0.05, 0.1) is 5.92 Å². The molecule has 8 nitrogen and oxygen atoms in total. The number of hydrogen-bond acceptors (Lipinski definition) is 5. The Labute approximate surface area is 203 Å². The molecule has 1 fully saturated rings. The summed E-state index contributed by atoms with van der Waals surface area (Å²) in [5, 5.41) is 11.2. The summed E-state index contributed by atoms with van der Waals surface area (Å²) in [6.07, 6.45) is 3.97. The summed E-state index contributed by atoms with van der Waals surface area (Å²) in [6.45, 7) is 4.42. The number of benzene rings is 2. The van der Waals surface area contributed by atoms with Crippen LogP contribution in [0.25, 0.3) is 5.82 Å². The van der Waals surface area contributed by atoms with E-state index in [9.17, 15) is 9.59 Å². The summed E-state index contributed by atoms with van der Waals surface area (Å²) in [6, 6.07) is 20.3. The SMILES string of the molecule is Cc1ccc(N2CC(C(=O)Nc3ccc(Oc4ccc(-n5cccc5)nn4)cc3)CC2=O)cc1C. The van der Waals surface area contributed by atoms with Gasteiger partial charge in [-0.2, -0.15) is 0 Å². The lowest BCUT2D eigenvalue weighted by Gasteiger charge is -2.18. The van der Waals surface area contributed by atoms with Gasteiger partial charge in [-0.3, -0.25) is 9.59 Å². The van der Waals surface area contributed by atoms with Gasteiger partial charge in [-0.15, -0.1) is 10.2 Å². The Balaban J connectivity index is 1.18. The molecule has 35 heavy (non-hydrogen) atoms. The molecule has 1 N–H and O–H groups in total. The number of nitrogens with zero attached hydrogens (tertiary/aromatic N) is 4. The van der Waals surface area contributed by atoms with Crippen LogP contribution in [0, 0.1) is 19.8 Å². The van der Waals surface area contributed by atoms with E-state index in [1.165, 1.54) is 5.56 Å². The van der Waals surface area contributed by atoms with Gasteiger partial charge in [0.1, 0.15) is 5.75 Å². The molecule has 1 aliphatic rings. The van der Waals surface area contributed by atoms with Crippen molar-refractivity contribution in [2.24, 2.45) is 5.92 Å². The molecule has 0 bridgehead atoms. The van der Waals surface area contributed by atoms with E-state index in [2.05, 4.69) is 15.5 Å². The lowest BCUT2D eigenvalue weighted by Crippen LogP contribution is -2.28. The van der Waals surface area contributed by atoms with Crippen LogP contribution in [0.3, 0.4) is 0 Å². The molecule has 1 aliphatic heterocycles. The molecule has 0 aliphatic carbocycles. The number of aryl methyl sites for hydroxylation is 2. The standard InChI is InChI=1S/C27H25N5O3/c1-18-5-8-22(15-19(18)2)32-17-20(16-26(32)33)27(34)28-21-6-9-23(10-7-21)35-25-12-11-24(29-30-25)31-13-3-4-14-31/h3-15,20H,16-17H2,1-2H3,(H,28,34). The summed E-state index contributed by atoms with van der Waals surface area (Å²) in [4.78, 5) is 27.1. The van der Waals surface area contributed by atoms with Gasteiger partial charge in [0.15, 0.2) is 5.82 Å². The number of hydrogen-bond donors (Lipinski definition) is 1. The van der Waals surface area contributed by atoms with Crippen LogP contribution >= 0.6 is 0 Å². The van der Waals surface area contributed by atoms with E-state index in [4.69, 9.17) is 4.74 Å². The first-order chi connectivity index (χ1) is 17.0. The van der Waals surface area contributed by atoms with Crippen LogP contribution in [0.2, 0.25) is 0 Å². The van der Waals surface area contributed by atoms with E-state index in [-0.39, 0.29) is 18.2 Å². The van der Waals surface area contributed by atoms with Crippen LogP contribution in [-0.2, 0) is 9.59 Å². The average molecular weight is 468 g/mol. The Kier molecular flexibility index (Phi) is 6.01. The van der Waals surface area contributed by atoms with Crippen LogP contribution in [-0.4, -0.2) is 33.1 Å². The van der Waals surface area contributed by atoms with Crippen LogP contribution in [0.5, 0.6) is 11.6 Å². The minimum Gasteiger partial charge on any atom is -0.438 e. The Morgan fingerprint density at radius 1 is 0.971 bits per heavy atom. The van der Waals surface area contributed by atoms with Gasteiger partial charge >= 0.3 is 0 Å². The zero-order valence-corrected chi connectivity index (χ0v) is 19.5. The summed E-state index contributed by atoms with van der Waals surface area (Å²) in [7, 11) is 0. The first-order valence-electron chi connectivity index (χ1n) is 11.4. The van der Waals surface area contributed by atoms with Crippen molar-refractivity contribution >= 4 is 23.2 Å². The van der Waals surface area contributed by atoms with Gasteiger partial charge in [-0.05, 0) is 79.6 Å². The molecule has 8 heteroatoms. The largest absolute Gasteiger partial charge is 0.438 e. The predicted molar refractivity (Wildman–Crippen MR) is 133 cm³/mol. The second kappa shape index (κ2) is 9.42.